The van der Waals surface area contributed by atoms with E-state index in [2.05, 4.69) is 6.92 Å². The third-order valence-electron chi connectivity index (χ3n) is 4.60. The summed E-state index contributed by atoms with van der Waals surface area (Å²) in [4.78, 5) is 11.3. The number of phenols is 1. The third-order valence-corrected chi connectivity index (χ3v) is 4.60. The Morgan fingerprint density at radius 3 is 2.76 bits per heavy atom. The van der Waals surface area contributed by atoms with Gasteiger partial charge in [0.1, 0.15) is 11.7 Å². The zero-order valence-electron chi connectivity index (χ0n) is 15.3. The average Bonchev–Trinajstić information content (AvgIpc) is 2.64. The Balaban J connectivity index is 2.26. The lowest BCUT2D eigenvalue weighted by molar-refractivity contribution is 0.136. The molecule has 1 N–H and O–H groups in total. The Hall–Kier alpha value is -2.09. The van der Waals surface area contributed by atoms with Crippen molar-refractivity contribution in [2.75, 3.05) is 13.2 Å². The van der Waals surface area contributed by atoms with Crippen LogP contribution in [0, 0.1) is 5.92 Å². The highest BCUT2D eigenvalue weighted by atomic mass is 16.5. The Bertz CT molecular complexity index is 679. The molecule has 0 saturated carbocycles. The molecule has 0 heterocycles. The van der Waals surface area contributed by atoms with Gasteiger partial charge in [-0.15, -0.1) is 0 Å². The summed E-state index contributed by atoms with van der Waals surface area (Å²) >= 11 is 0. The molecular formula is C22H28O3. The van der Waals surface area contributed by atoms with E-state index in [-0.39, 0.29) is 11.7 Å². The Morgan fingerprint density at radius 1 is 1.20 bits per heavy atom. The third kappa shape index (κ3) is 5.19. The van der Waals surface area contributed by atoms with E-state index in [4.69, 9.17) is 4.74 Å². The number of benzene rings is 1. The number of hydrogen-bond acceptors (Lipinski definition) is 3. The Morgan fingerprint density at radius 2 is 2.04 bits per heavy atom. The largest absolute Gasteiger partial charge is 0.507 e. The van der Waals surface area contributed by atoms with Gasteiger partial charge in [-0.2, -0.15) is 0 Å². The van der Waals surface area contributed by atoms with E-state index >= 15 is 0 Å². The SMILES string of the molecule is CCCCCCc1ccc(O)c(C2=CC=CC(=C=O)C2COCC)c1. The maximum atomic E-state index is 11.3. The molecule has 0 saturated heterocycles. The Kier molecular flexibility index (Phi) is 7.72. The first kappa shape index (κ1) is 19.2. The molecule has 3 nitrogen and oxygen atoms in total. The van der Waals surface area contributed by atoms with Gasteiger partial charge in [-0.1, -0.05) is 44.4 Å². The summed E-state index contributed by atoms with van der Waals surface area (Å²) in [7, 11) is 0. The monoisotopic (exact) mass is 340 g/mol. The number of rotatable bonds is 9. The zero-order chi connectivity index (χ0) is 18.1. The molecule has 25 heavy (non-hydrogen) atoms. The molecule has 0 amide bonds. The molecule has 134 valence electrons. The molecule has 1 atom stereocenters. The van der Waals surface area contributed by atoms with Crippen molar-refractivity contribution in [3.05, 3.63) is 53.1 Å². The minimum atomic E-state index is -0.191. The van der Waals surface area contributed by atoms with Crippen molar-refractivity contribution in [2.45, 2.75) is 46.0 Å². The molecule has 1 aliphatic rings. The van der Waals surface area contributed by atoms with Crippen molar-refractivity contribution >= 4 is 11.5 Å². The van der Waals surface area contributed by atoms with Gasteiger partial charge in [-0.3, -0.25) is 0 Å². The van der Waals surface area contributed by atoms with Crippen LogP contribution in [0.2, 0.25) is 0 Å². The van der Waals surface area contributed by atoms with Crippen LogP contribution in [0.25, 0.3) is 5.57 Å². The van der Waals surface area contributed by atoms with Gasteiger partial charge in [-0.05, 0) is 49.1 Å². The van der Waals surface area contributed by atoms with Crippen LogP contribution < -0.4 is 0 Å². The van der Waals surface area contributed by atoms with Gasteiger partial charge in [0, 0.05) is 23.7 Å². The molecule has 1 aromatic rings. The number of ether oxygens (including phenoxy) is 1. The van der Waals surface area contributed by atoms with Crippen LogP contribution in [0.3, 0.4) is 0 Å². The summed E-state index contributed by atoms with van der Waals surface area (Å²) in [6, 6.07) is 5.79. The molecule has 1 aromatic carbocycles. The first-order chi connectivity index (χ1) is 12.2. The molecule has 1 unspecified atom stereocenters. The van der Waals surface area contributed by atoms with Gasteiger partial charge in [0.25, 0.3) is 0 Å². The number of unbranched alkanes of at least 4 members (excludes halogenated alkanes) is 3. The lowest BCUT2D eigenvalue weighted by atomic mass is 9.83. The number of phenolic OH excluding ortho intramolecular Hbond substituents is 1. The summed E-state index contributed by atoms with van der Waals surface area (Å²) in [5.41, 5.74) is 3.49. The van der Waals surface area contributed by atoms with Crippen molar-refractivity contribution in [3.8, 4) is 5.75 Å². The van der Waals surface area contributed by atoms with Gasteiger partial charge in [0.05, 0.1) is 6.61 Å². The molecule has 0 aliphatic heterocycles. The fourth-order valence-corrected chi connectivity index (χ4v) is 3.18. The minimum Gasteiger partial charge on any atom is -0.507 e. The fraction of sp³-hybridized carbons (Fsp3) is 0.455. The molecule has 1 aliphatic carbocycles. The highest BCUT2D eigenvalue weighted by Crippen LogP contribution is 2.37. The predicted molar refractivity (Wildman–Crippen MR) is 102 cm³/mol. The quantitative estimate of drug-likeness (QED) is 0.515. The van der Waals surface area contributed by atoms with Gasteiger partial charge in [0.2, 0.25) is 0 Å². The minimum absolute atomic E-state index is 0.191. The second-order valence-electron chi connectivity index (χ2n) is 6.41. The van der Waals surface area contributed by atoms with Crippen molar-refractivity contribution in [2.24, 2.45) is 5.92 Å². The van der Waals surface area contributed by atoms with Gasteiger partial charge >= 0.3 is 0 Å². The van der Waals surface area contributed by atoms with E-state index < -0.39 is 0 Å². The normalized spacial score (nSPS) is 16.6. The smallest absolute Gasteiger partial charge is 0.128 e. The summed E-state index contributed by atoms with van der Waals surface area (Å²) < 4.78 is 5.56. The highest BCUT2D eigenvalue weighted by molar-refractivity contribution is 5.81. The molecule has 0 fully saturated rings. The van der Waals surface area contributed by atoms with Crippen LogP contribution in [-0.2, 0) is 16.0 Å². The lowest BCUT2D eigenvalue weighted by Crippen LogP contribution is -2.16. The van der Waals surface area contributed by atoms with Crippen molar-refractivity contribution in [3.63, 3.8) is 0 Å². The van der Waals surface area contributed by atoms with Crippen LogP contribution >= 0.6 is 0 Å². The van der Waals surface area contributed by atoms with Crippen LogP contribution in [0.15, 0.2) is 42.0 Å². The number of aromatic hydroxyl groups is 1. The molecule has 3 heteroatoms. The maximum Gasteiger partial charge on any atom is 0.128 e. The summed E-state index contributed by atoms with van der Waals surface area (Å²) in [5, 5.41) is 10.4. The van der Waals surface area contributed by atoms with Crippen LogP contribution in [0.1, 0.15) is 50.7 Å². The van der Waals surface area contributed by atoms with E-state index in [1.807, 2.05) is 37.1 Å². The van der Waals surface area contributed by atoms with E-state index in [0.29, 0.717) is 18.8 Å². The number of allylic oxidation sites excluding steroid dienone is 3. The van der Waals surface area contributed by atoms with Crippen LogP contribution in [0.5, 0.6) is 5.75 Å². The van der Waals surface area contributed by atoms with E-state index in [1.54, 1.807) is 12.1 Å². The zero-order valence-corrected chi connectivity index (χ0v) is 15.3. The van der Waals surface area contributed by atoms with Crippen molar-refractivity contribution < 1.29 is 14.6 Å². The topological polar surface area (TPSA) is 46.5 Å². The number of hydrogen-bond donors (Lipinski definition) is 1. The molecule has 2 rings (SSSR count). The van der Waals surface area contributed by atoms with E-state index in [0.717, 1.165) is 24.0 Å². The molecule has 0 spiro atoms. The first-order valence-electron chi connectivity index (χ1n) is 9.24. The van der Waals surface area contributed by atoms with Crippen LogP contribution in [-0.4, -0.2) is 24.3 Å². The van der Waals surface area contributed by atoms with Gasteiger partial charge in [0.15, 0.2) is 0 Å². The van der Waals surface area contributed by atoms with Crippen LogP contribution in [0.4, 0.5) is 0 Å². The molecule has 0 radical (unpaired) electrons. The lowest BCUT2D eigenvalue weighted by Gasteiger charge is -2.23. The van der Waals surface area contributed by atoms with Gasteiger partial charge in [-0.25, -0.2) is 4.79 Å². The Labute approximate surface area is 150 Å². The molecule has 0 bridgehead atoms. The second-order valence-corrected chi connectivity index (χ2v) is 6.41. The highest BCUT2D eigenvalue weighted by Gasteiger charge is 2.24. The fourth-order valence-electron chi connectivity index (χ4n) is 3.18. The molecule has 0 aromatic heterocycles. The van der Waals surface area contributed by atoms with Crippen molar-refractivity contribution in [1.29, 1.82) is 0 Å². The van der Waals surface area contributed by atoms with E-state index in [9.17, 15) is 9.90 Å². The van der Waals surface area contributed by atoms with Gasteiger partial charge < -0.3 is 9.84 Å². The van der Waals surface area contributed by atoms with Crippen molar-refractivity contribution in [1.82, 2.24) is 0 Å². The standard InChI is InChI=1S/C22H28O3/c1-3-5-6-7-9-17-12-13-22(24)20(14-17)19-11-8-10-18(15-23)21(19)16-25-4-2/h8,10-14,21,24H,3-7,9,16H2,1-2H3. The maximum absolute atomic E-state index is 11.3. The second kappa shape index (κ2) is 10.0. The average molecular weight is 340 g/mol. The van der Waals surface area contributed by atoms with E-state index in [1.165, 1.54) is 24.8 Å². The predicted octanol–water partition coefficient (Wildman–Crippen LogP) is 4.88. The summed E-state index contributed by atoms with van der Waals surface area (Å²) in [6.45, 7) is 5.14. The molecular weight excluding hydrogens is 312 g/mol. The summed E-state index contributed by atoms with van der Waals surface area (Å²) in [6.07, 6.45) is 11.4. The number of carbonyl (C=O) groups excluding carboxylic acids is 1. The number of aryl methyl sites for hydroxylation is 1. The summed E-state index contributed by atoms with van der Waals surface area (Å²) in [5.74, 6) is 2.07. The first-order valence-corrected chi connectivity index (χ1v) is 9.24.